The fraction of sp³-hybridized carbons (Fsp3) is 0.391. The molecule has 2 aromatic carbocycles. The van der Waals surface area contributed by atoms with Crippen LogP contribution in [-0.4, -0.2) is 46.5 Å². The number of nitrogens with zero attached hydrogens (tertiary/aromatic N) is 4. The molecule has 1 amide bonds. The van der Waals surface area contributed by atoms with E-state index in [2.05, 4.69) is 9.88 Å². The number of hydrogen-bond donors (Lipinski definition) is 0. The molecule has 2 heterocycles. The van der Waals surface area contributed by atoms with E-state index in [1.165, 1.54) is 24.3 Å². The summed E-state index contributed by atoms with van der Waals surface area (Å²) in [6.07, 6.45) is -3.85. The molecule has 0 saturated carbocycles. The monoisotopic (exact) mass is 448 g/mol. The number of carbonyl (C=O) groups is 1. The Morgan fingerprint density at radius 3 is 2.38 bits per heavy atom. The maximum absolute atomic E-state index is 13.5. The number of fused-ring (bicyclic) bond motifs is 1. The number of anilines is 1. The summed E-state index contributed by atoms with van der Waals surface area (Å²) >= 11 is 0. The summed E-state index contributed by atoms with van der Waals surface area (Å²) in [5.41, 5.74) is 1.71. The van der Waals surface area contributed by atoms with Crippen LogP contribution < -0.4 is 4.90 Å². The highest BCUT2D eigenvalue weighted by atomic mass is 19.4. The molecule has 0 radical (unpaired) electrons. The topological polar surface area (TPSA) is 41.4 Å². The molecule has 1 aliphatic heterocycles. The highest BCUT2D eigenvalue weighted by Gasteiger charge is 2.38. The van der Waals surface area contributed by atoms with Gasteiger partial charge in [0.1, 0.15) is 5.82 Å². The highest BCUT2D eigenvalue weighted by molar-refractivity contribution is 5.97. The van der Waals surface area contributed by atoms with Crippen molar-refractivity contribution in [3.05, 3.63) is 59.7 Å². The minimum atomic E-state index is -4.58. The van der Waals surface area contributed by atoms with Gasteiger partial charge >= 0.3 is 6.18 Å². The minimum Gasteiger partial charge on any atom is -0.370 e. The lowest BCUT2D eigenvalue weighted by atomic mass is 10.1. The van der Waals surface area contributed by atoms with Crippen LogP contribution in [0.1, 0.15) is 42.5 Å². The maximum atomic E-state index is 13.5. The molecular weight excluding hydrogens is 424 g/mol. The Morgan fingerprint density at radius 2 is 1.72 bits per heavy atom. The number of alkyl halides is 3. The van der Waals surface area contributed by atoms with E-state index >= 15 is 0 Å². The van der Waals surface area contributed by atoms with Gasteiger partial charge in [-0.15, -0.1) is 0 Å². The van der Waals surface area contributed by atoms with Crippen molar-refractivity contribution in [3.8, 4) is 0 Å². The van der Waals surface area contributed by atoms with Crippen LogP contribution in [-0.2, 0) is 6.18 Å². The molecule has 170 valence electrons. The van der Waals surface area contributed by atoms with Crippen molar-refractivity contribution in [2.75, 3.05) is 31.1 Å². The summed E-state index contributed by atoms with van der Waals surface area (Å²) in [6, 6.07) is 10.3. The van der Waals surface area contributed by atoms with E-state index in [1.807, 2.05) is 0 Å². The summed E-state index contributed by atoms with van der Waals surface area (Å²) in [5, 5.41) is 0. The summed E-state index contributed by atoms with van der Waals surface area (Å²) in [7, 11) is 0. The number of halogens is 4. The lowest BCUT2D eigenvalue weighted by molar-refractivity contribution is -0.147. The number of aromatic nitrogens is 2. The van der Waals surface area contributed by atoms with Gasteiger partial charge in [-0.05, 0) is 62.7 Å². The van der Waals surface area contributed by atoms with Crippen LogP contribution in [0.3, 0.4) is 0 Å². The van der Waals surface area contributed by atoms with Gasteiger partial charge in [0.2, 0.25) is 5.82 Å². The zero-order valence-corrected chi connectivity index (χ0v) is 17.9. The van der Waals surface area contributed by atoms with Gasteiger partial charge in [0.05, 0.1) is 11.0 Å². The molecule has 9 heteroatoms. The molecule has 0 aliphatic carbocycles. The van der Waals surface area contributed by atoms with Gasteiger partial charge in [-0.2, -0.15) is 13.2 Å². The third kappa shape index (κ3) is 4.28. The molecule has 0 spiro atoms. The van der Waals surface area contributed by atoms with Crippen molar-refractivity contribution in [2.24, 2.45) is 0 Å². The summed E-state index contributed by atoms with van der Waals surface area (Å²) < 4.78 is 54.7. The first kappa shape index (κ1) is 22.1. The molecule has 0 N–H and O–H groups in total. The van der Waals surface area contributed by atoms with Gasteiger partial charge in [0, 0.05) is 43.5 Å². The third-order valence-electron chi connectivity index (χ3n) is 5.68. The summed E-state index contributed by atoms with van der Waals surface area (Å²) in [5.74, 6) is -1.50. The molecule has 3 aromatic rings. The molecule has 1 aromatic heterocycles. The standard InChI is InChI=1S/C23H24F4N4O/c1-15(2)31-20-9-4-16(14-19(20)28-22(31)23(25,26)27)21(32)30-11-3-10-29(12-13-30)18-7-5-17(24)6-8-18/h4-9,14-15H,3,10-13H2,1-2H3. The van der Waals surface area contributed by atoms with E-state index < -0.39 is 18.0 Å². The first-order valence-corrected chi connectivity index (χ1v) is 10.5. The zero-order chi connectivity index (χ0) is 23.0. The largest absolute Gasteiger partial charge is 0.449 e. The molecule has 1 fully saturated rings. The second kappa shape index (κ2) is 8.44. The van der Waals surface area contributed by atoms with Crippen LogP contribution >= 0.6 is 0 Å². The highest BCUT2D eigenvalue weighted by Crippen LogP contribution is 2.34. The Kier molecular flexibility index (Phi) is 5.83. The van der Waals surface area contributed by atoms with E-state index in [9.17, 15) is 22.4 Å². The van der Waals surface area contributed by atoms with Crippen LogP contribution in [0.15, 0.2) is 42.5 Å². The lowest BCUT2D eigenvalue weighted by Gasteiger charge is -2.23. The molecule has 0 atom stereocenters. The van der Waals surface area contributed by atoms with E-state index in [1.54, 1.807) is 36.9 Å². The molecule has 0 bridgehead atoms. The quantitative estimate of drug-likeness (QED) is 0.522. The fourth-order valence-electron chi connectivity index (χ4n) is 4.17. The fourth-order valence-corrected chi connectivity index (χ4v) is 4.17. The molecule has 4 rings (SSSR count). The van der Waals surface area contributed by atoms with Crippen molar-refractivity contribution >= 4 is 22.6 Å². The SMILES string of the molecule is CC(C)n1c(C(F)(F)F)nc2cc(C(=O)N3CCCN(c4ccc(F)cc4)CC3)ccc21. The second-order valence-corrected chi connectivity index (χ2v) is 8.21. The Balaban J connectivity index is 1.56. The van der Waals surface area contributed by atoms with Crippen molar-refractivity contribution in [3.63, 3.8) is 0 Å². The van der Waals surface area contributed by atoms with E-state index in [0.717, 1.165) is 23.2 Å². The van der Waals surface area contributed by atoms with Crippen molar-refractivity contribution in [2.45, 2.75) is 32.5 Å². The van der Waals surface area contributed by atoms with Gasteiger partial charge in [-0.1, -0.05) is 0 Å². The Morgan fingerprint density at radius 1 is 1.00 bits per heavy atom. The number of imidazole rings is 1. The number of benzene rings is 2. The van der Waals surface area contributed by atoms with Gasteiger partial charge in [-0.25, -0.2) is 9.37 Å². The first-order valence-electron chi connectivity index (χ1n) is 10.5. The Hall–Kier alpha value is -3.10. The normalized spacial score (nSPS) is 15.5. The second-order valence-electron chi connectivity index (χ2n) is 8.21. The predicted octanol–water partition coefficient (Wildman–Crippen LogP) is 5.13. The van der Waals surface area contributed by atoms with Crippen molar-refractivity contribution in [1.29, 1.82) is 0 Å². The van der Waals surface area contributed by atoms with Crippen LogP contribution in [0, 0.1) is 5.82 Å². The van der Waals surface area contributed by atoms with E-state index in [4.69, 9.17) is 0 Å². The number of carbonyl (C=O) groups excluding carboxylic acids is 1. The molecule has 5 nitrogen and oxygen atoms in total. The van der Waals surface area contributed by atoms with Gasteiger partial charge < -0.3 is 14.4 Å². The molecule has 1 saturated heterocycles. The molecule has 1 aliphatic rings. The van der Waals surface area contributed by atoms with Crippen LogP contribution in [0.4, 0.5) is 23.2 Å². The van der Waals surface area contributed by atoms with E-state index in [0.29, 0.717) is 30.7 Å². The van der Waals surface area contributed by atoms with Crippen LogP contribution in [0.2, 0.25) is 0 Å². The lowest BCUT2D eigenvalue weighted by Crippen LogP contribution is -2.35. The zero-order valence-electron chi connectivity index (χ0n) is 17.9. The third-order valence-corrected chi connectivity index (χ3v) is 5.68. The molecular formula is C23H24F4N4O. The van der Waals surface area contributed by atoms with Gasteiger partial charge in [0.15, 0.2) is 0 Å². The maximum Gasteiger partial charge on any atom is 0.449 e. The Bertz CT molecular complexity index is 1120. The smallest absolute Gasteiger partial charge is 0.370 e. The summed E-state index contributed by atoms with van der Waals surface area (Å²) in [6.45, 7) is 5.63. The van der Waals surface area contributed by atoms with Gasteiger partial charge in [0.25, 0.3) is 5.91 Å². The van der Waals surface area contributed by atoms with Crippen LogP contribution in [0.25, 0.3) is 11.0 Å². The van der Waals surface area contributed by atoms with Crippen molar-refractivity contribution in [1.82, 2.24) is 14.5 Å². The number of amides is 1. The molecule has 0 unspecified atom stereocenters. The number of rotatable bonds is 3. The van der Waals surface area contributed by atoms with Crippen molar-refractivity contribution < 1.29 is 22.4 Å². The first-order chi connectivity index (χ1) is 15.1. The average Bonchev–Trinajstić information content (AvgIpc) is 2.98. The average molecular weight is 448 g/mol. The summed E-state index contributed by atoms with van der Waals surface area (Å²) in [4.78, 5) is 20.7. The Labute approximate surface area is 183 Å². The molecule has 32 heavy (non-hydrogen) atoms. The van der Waals surface area contributed by atoms with Gasteiger partial charge in [-0.3, -0.25) is 4.79 Å². The minimum absolute atomic E-state index is 0.152. The number of hydrogen-bond acceptors (Lipinski definition) is 3. The van der Waals surface area contributed by atoms with E-state index in [-0.39, 0.29) is 17.2 Å². The predicted molar refractivity (Wildman–Crippen MR) is 114 cm³/mol. The van der Waals surface area contributed by atoms with Crippen LogP contribution in [0.5, 0.6) is 0 Å².